The van der Waals surface area contributed by atoms with Gasteiger partial charge in [0.05, 0.1) is 16.8 Å². The van der Waals surface area contributed by atoms with Crippen molar-refractivity contribution in [1.29, 1.82) is 0 Å². The Bertz CT molecular complexity index is 1290. The van der Waals surface area contributed by atoms with Gasteiger partial charge in [0.1, 0.15) is 5.82 Å². The van der Waals surface area contributed by atoms with Gasteiger partial charge in [0.2, 0.25) is 5.95 Å². The minimum Gasteiger partial charge on any atom is -0.423 e. The molecule has 0 radical (unpaired) electrons. The average molecular weight is 416 g/mol. The predicted octanol–water partition coefficient (Wildman–Crippen LogP) is 0.799. The van der Waals surface area contributed by atoms with Gasteiger partial charge in [0.15, 0.2) is 5.82 Å². The van der Waals surface area contributed by atoms with Gasteiger partial charge < -0.3 is 25.5 Å². The van der Waals surface area contributed by atoms with E-state index in [1.54, 1.807) is 37.3 Å². The molecular formula is C21H21BN6O3. The first-order valence-electron chi connectivity index (χ1n) is 9.66. The number of primary amides is 1. The molecule has 3 aromatic heterocycles. The molecule has 0 aliphatic heterocycles. The zero-order valence-corrected chi connectivity index (χ0v) is 17.1. The molecule has 0 fully saturated rings. The molecule has 0 spiro atoms. The number of benzene rings is 1. The number of rotatable bonds is 6. The van der Waals surface area contributed by atoms with E-state index in [9.17, 15) is 14.8 Å². The zero-order valence-electron chi connectivity index (χ0n) is 17.1. The lowest BCUT2D eigenvalue weighted by molar-refractivity contribution is 0.100. The molecule has 0 atom stereocenters. The van der Waals surface area contributed by atoms with E-state index in [-0.39, 0.29) is 0 Å². The van der Waals surface area contributed by atoms with Gasteiger partial charge in [-0.1, -0.05) is 24.3 Å². The van der Waals surface area contributed by atoms with Crippen molar-refractivity contribution in [2.45, 2.75) is 20.4 Å². The molecule has 156 valence electrons. The van der Waals surface area contributed by atoms with Crippen LogP contribution in [0, 0.1) is 13.8 Å². The van der Waals surface area contributed by atoms with Crippen molar-refractivity contribution >= 4 is 30.0 Å². The highest BCUT2D eigenvalue weighted by Gasteiger charge is 2.17. The van der Waals surface area contributed by atoms with Crippen LogP contribution in [0.1, 0.15) is 27.3 Å². The van der Waals surface area contributed by atoms with Crippen molar-refractivity contribution < 1.29 is 14.8 Å². The zero-order chi connectivity index (χ0) is 22.1. The van der Waals surface area contributed by atoms with Crippen LogP contribution < -0.4 is 16.5 Å². The van der Waals surface area contributed by atoms with Gasteiger partial charge in [0, 0.05) is 12.7 Å². The summed E-state index contributed by atoms with van der Waals surface area (Å²) >= 11 is 0. The highest BCUT2D eigenvalue weighted by molar-refractivity contribution is 6.58. The topological polar surface area (TPSA) is 139 Å². The van der Waals surface area contributed by atoms with E-state index in [0.717, 1.165) is 16.8 Å². The van der Waals surface area contributed by atoms with Crippen molar-refractivity contribution in [2.75, 3.05) is 5.32 Å². The van der Waals surface area contributed by atoms with Crippen LogP contribution in [-0.4, -0.2) is 42.4 Å². The first-order valence-corrected chi connectivity index (χ1v) is 9.66. The SMILES string of the molecule is Cc1nc(NCc2cccc(B(O)O)c2)nc(-c2c(C)cc3c(C(N)=O)cccn23)n1. The smallest absolute Gasteiger partial charge is 0.423 e. The number of nitrogens with two attached hydrogens (primary N) is 1. The van der Waals surface area contributed by atoms with Crippen LogP contribution in [0.2, 0.25) is 0 Å². The lowest BCUT2D eigenvalue weighted by atomic mass is 9.80. The van der Waals surface area contributed by atoms with E-state index in [0.29, 0.717) is 40.7 Å². The summed E-state index contributed by atoms with van der Waals surface area (Å²) in [7, 11) is -1.53. The normalized spacial score (nSPS) is 11.0. The van der Waals surface area contributed by atoms with Crippen LogP contribution in [0.3, 0.4) is 0 Å². The fourth-order valence-electron chi connectivity index (χ4n) is 3.53. The van der Waals surface area contributed by atoms with Crippen molar-refractivity contribution in [1.82, 2.24) is 19.4 Å². The number of aromatic nitrogens is 4. The first-order chi connectivity index (χ1) is 14.8. The molecule has 0 saturated carbocycles. The van der Waals surface area contributed by atoms with Crippen LogP contribution in [0.4, 0.5) is 5.95 Å². The Morgan fingerprint density at radius 2 is 1.94 bits per heavy atom. The standard InChI is InChI=1S/C21H21BN6O3/c1-12-9-17-16(19(23)29)7-4-8-28(17)18(12)20-25-13(2)26-21(27-20)24-11-14-5-3-6-15(10-14)22(30)31/h3-10,30-31H,11H2,1-2H3,(H2,23,29)(H,24,25,26,27). The van der Waals surface area contributed by atoms with E-state index in [1.165, 1.54) is 0 Å². The second kappa shape index (κ2) is 8.17. The number of amides is 1. The molecule has 0 aliphatic rings. The van der Waals surface area contributed by atoms with E-state index in [4.69, 9.17) is 5.73 Å². The Morgan fingerprint density at radius 3 is 2.68 bits per heavy atom. The highest BCUT2D eigenvalue weighted by atomic mass is 16.4. The number of carbonyl (C=O) groups is 1. The lowest BCUT2D eigenvalue weighted by Crippen LogP contribution is -2.30. The number of pyridine rings is 1. The molecule has 1 amide bonds. The average Bonchev–Trinajstić information content (AvgIpc) is 3.07. The summed E-state index contributed by atoms with van der Waals surface area (Å²) in [6.45, 7) is 4.09. The van der Waals surface area contributed by atoms with Crippen molar-refractivity contribution in [2.24, 2.45) is 5.73 Å². The quantitative estimate of drug-likeness (QED) is 0.341. The van der Waals surface area contributed by atoms with Crippen LogP contribution in [0.15, 0.2) is 48.7 Å². The minimum atomic E-state index is -1.53. The summed E-state index contributed by atoms with van der Waals surface area (Å²) in [6.07, 6.45) is 1.84. The van der Waals surface area contributed by atoms with Gasteiger partial charge in [-0.05, 0) is 48.6 Å². The molecule has 9 nitrogen and oxygen atoms in total. The van der Waals surface area contributed by atoms with Gasteiger partial charge in [-0.15, -0.1) is 0 Å². The molecule has 4 rings (SSSR count). The second-order valence-electron chi connectivity index (χ2n) is 7.22. The summed E-state index contributed by atoms with van der Waals surface area (Å²) in [6, 6.07) is 12.3. The summed E-state index contributed by atoms with van der Waals surface area (Å²) in [5.74, 6) is 0.887. The van der Waals surface area contributed by atoms with E-state index >= 15 is 0 Å². The van der Waals surface area contributed by atoms with Gasteiger partial charge >= 0.3 is 7.12 Å². The van der Waals surface area contributed by atoms with Crippen molar-refractivity contribution in [3.63, 3.8) is 0 Å². The van der Waals surface area contributed by atoms with Crippen LogP contribution in [0.25, 0.3) is 17.0 Å². The van der Waals surface area contributed by atoms with E-state index < -0.39 is 13.0 Å². The number of hydrogen-bond donors (Lipinski definition) is 4. The maximum absolute atomic E-state index is 11.8. The van der Waals surface area contributed by atoms with Crippen LogP contribution in [0.5, 0.6) is 0 Å². The summed E-state index contributed by atoms with van der Waals surface area (Å²) in [4.78, 5) is 25.2. The monoisotopic (exact) mass is 416 g/mol. The third-order valence-corrected chi connectivity index (χ3v) is 4.93. The molecule has 0 bridgehead atoms. The number of hydrogen-bond acceptors (Lipinski definition) is 7. The Morgan fingerprint density at radius 1 is 1.13 bits per heavy atom. The maximum atomic E-state index is 11.8. The molecule has 1 aromatic carbocycles. The van der Waals surface area contributed by atoms with E-state index in [1.807, 2.05) is 29.7 Å². The minimum absolute atomic E-state index is 0.387. The predicted molar refractivity (Wildman–Crippen MR) is 118 cm³/mol. The second-order valence-corrected chi connectivity index (χ2v) is 7.22. The molecule has 5 N–H and O–H groups in total. The highest BCUT2D eigenvalue weighted by Crippen LogP contribution is 2.27. The van der Waals surface area contributed by atoms with Gasteiger partial charge in [0.25, 0.3) is 5.91 Å². The maximum Gasteiger partial charge on any atom is 0.488 e. The third kappa shape index (κ3) is 4.11. The molecule has 10 heteroatoms. The molecule has 4 aromatic rings. The molecular weight excluding hydrogens is 395 g/mol. The number of aryl methyl sites for hydroxylation is 2. The number of fused-ring (bicyclic) bond motifs is 1. The molecule has 31 heavy (non-hydrogen) atoms. The summed E-state index contributed by atoms with van der Waals surface area (Å²) in [5.41, 5.74) is 9.53. The van der Waals surface area contributed by atoms with Crippen LogP contribution >= 0.6 is 0 Å². The van der Waals surface area contributed by atoms with Crippen molar-refractivity contribution in [3.8, 4) is 11.5 Å². The van der Waals surface area contributed by atoms with Crippen LogP contribution in [-0.2, 0) is 6.54 Å². The third-order valence-electron chi connectivity index (χ3n) is 4.93. The van der Waals surface area contributed by atoms with Gasteiger partial charge in [-0.3, -0.25) is 4.79 Å². The largest absolute Gasteiger partial charge is 0.488 e. The molecule has 0 unspecified atom stereocenters. The Balaban J connectivity index is 1.69. The van der Waals surface area contributed by atoms with Crippen molar-refractivity contribution in [3.05, 3.63) is 71.2 Å². The molecule has 0 aliphatic carbocycles. The van der Waals surface area contributed by atoms with Gasteiger partial charge in [-0.25, -0.2) is 4.98 Å². The fourth-order valence-corrected chi connectivity index (χ4v) is 3.53. The Labute approximate surface area is 178 Å². The van der Waals surface area contributed by atoms with Gasteiger partial charge in [-0.2, -0.15) is 9.97 Å². The summed E-state index contributed by atoms with van der Waals surface area (Å²) in [5, 5.41) is 21.9. The number of carbonyl (C=O) groups excluding carboxylic acids is 1. The lowest BCUT2D eigenvalue weighted by Gasteiger charge is -2.10. The molecule has 0 saturated heterocycles. The Hall–Kier alpha value is -3.76. The fraction of sp³-hybridized carbons (Fsp3) is 0.143. The first kappa shape index (κ1) is 20.5. The number of nitrogens with zero attached hydrogens (tertiary/aromatic N) is 4. The number of anilines is 1. The summed E-state index contributed by atoms with van der Waals surface area (Å²) < 4.78 is 1.85. The van der Waals surface area contributed by atoms with E-state index in [2.05, 4.69) is 20.3 Å². The molecule has 3 heterocycles. The number of nitrogens with one attached hydrogen (secondary N) is 1. The Kier molecular flexibility index (Phi) is 5.41.